The van der Waals surface area contributed by atoms with E-state index in [1.165, 1.54) is 0 Å². The summed E-state index contributed by atoms with van der Waals surface area (Å²) in [5.41, 5.74) is 1.93. The Bertz CT molecular complexity index is 1020. The molecule has 3 heterocycles. The van der Waals surface area contributed by atoms with Gasteiger partial charge < -0.3 is 25.2 Å². The molecule has 0 aliphatic carbocycles. The van der Waals surface area contributed by atoms with E-state index in [9.17, 15) is 9.90 Å². The Balaban J connectivity index is 0.000000913. The van der Waals surface area contributed by atoms with Gasteiger partial charge in [-0.1, -0.05) is 6.92 Å². The molecule has 10 heteroatoms. The number of aromatic nitrogens is 3. The van der Waals surface area contributed by atoms with E-state index >= 15 is 0 Å². The first-order valence-electron chi connectivity index (χ1n) is 11.0. The van der Waals surface area contributed by atoms with E-state index in [1.54, 1.807) is 4.57 Å². The first kappa shape index (κ1) is 23.5. The van der Waals surface area contributed by atoms with Crippen LogP contribution in [0.3, 0.4) is 0 Å². The van der Waals surface area contributed by atoms with Gasteiger partial charge in [0.25, 0.3) is 12.0 Å². The Morgan fingerprint density at radius 2 is 2.06 bits per heavy atom. The third-order valence-corrected chi connectivity index (χ3v) is 5.95. The van der Waals surface area contributed by atoms with Gasteiger partial charge in [-0.05, 0) is 51.4 Å². The van der Waals surface area contributed by atoms with E-state index in [0.29, 0.717) is 36.7 Å². The molecule has 1 aromatic carbocycles. The average molecular weight is 446 g/mol. The molecular weight excluding hydrogens is 414 g/mol. The molecule has 1 aromatic heterocycles. The van der Waals surface area contributed by atoms with Gasteiger partial charge in [-0.3, -0.25) is 14.2 Å². The van der Waals surface area contributed by atoms with Gasteiger partial charge in [0.15, 0.2) is 5.82 Å². The summed E-state index contributed by atoms with van der Waals surface area (Å²) in [6.07, 6.45) is 2.76. The highest BCUT2D eigenvalue weighted by atomic mass is 16.5. The minimum atomic E-state index is -0.250. The number of carbonyl (C=O) groups is 1. The predicted octanol–water partition coefficient (Wildman–Crippen LogP) is 1.87. The number of likely N-dealkylation sites (N-methyl/N-ethyl adjacent to an activating group) is 1. The zero-order chi connectivity index (χ0) is 23.3. The number of aromatic hydroxyl groups is 1. The minimum Gasteiger partial charge on any atom is -0.507 e. The molecule has 2 aliphatic rings. The Kier molecular flexibility index (Phi) is 7.68. The van der Waals surface area contributed by atoms with E-state index in [-0.39, 0.29) is 29.6 Å². The highest BCUT2D eigenvalue weighted by Gasteiger charge is 2.26. The fourth-order valence-corrected chi connectivity index (χ4v) is 4.37. The quantitative estimate of drug-likeness (QED) is 0.591. The van der Waals surface area contributed by atoms with Crippen molar-refractivity contribution in [1.82, 2.24) is 19.7 Å². The number of piperidine rings is 1. The summed E-state index contributed by atoms with van der Waals surface area (Å²) in [6.45, 7) is 9.68. The predicted molar refractivity (Wildman–Crippen MR) is 120 cm³/mol. The lowest BCUT2D eigenvalue weighted by Crippen LogP contribution is -2.43. The molecule has 0 spiro atoms. The summed E-state index contributed by atoms with van der Waals surface area (Å²) in [4.78, 5) is 23.9. The Labute approximate surface area is 186 Å². The molecule has 0 bridgehead atoms. The molecule has 10 nitrogen and oxygen atoms in total. The molecule has 0 saturated carbocycles. The summed E-state index contributed by atoms with van der Waals surface area (Å²) in [7, 11) is 0. The minimum absolute atomic E-state index is 0.139. The number of nitrogens with zero attached hydrogens (tertiary/aromatic N) is 4. The largest absolute Gasteiger partial charge is 0.507 e. The molecule has 2 aliphatic heterocycles. The fraction of sp³-hybridized carbons (Fsp3) is 0.545. The van der Waals surface area contributed by atoms with Crippen LogP contribution < -0.4 is 15.6 Å². The van der Waals surface area contributed by atoms with Crippen molar-refractivity contribution < 1.29 is 19.7 Å². The number of likely N-dealkylation sites (tertiary alicyclic amines) is 1. The van der Waals surface area contributed by atoms with Crippen LogP contribution in [0.4, 0.5) is 5.82 Å². The molecular formula is C22H31N5O5. The molecule has 32 heavy (non-hydrogen) atoms. The topological polar surface area (TPSA) is 130 Å². The molecule has 2 aromatic rings. The molecule has 0 amide bonds. The first-order chi connectivity index (χ1) is 15.4. The number of rotatable bonds is 5. The van der Waals surface area contributed by atoms with Crippen molar-refractivity contribution in [3.8, 4) is 22.9 Å². The Morgan fingerprint density at radius 1 is 1.31 bits per heavy atom. The monoisotopic (exact) mass is 445 g/mol. The van der Waals surface area contributed by atoms with Crippen molar-refractivity contribution in [2.75, 3.05) is 31.6 Å². The molecule has 4 rings (SSSR count). The molecule has 174 valence electrons. The summed E-state index contributed by atoms with van der Waals surface area (Å²) in [5, 5.41) is 29.6. The molecule has 1 saturated heterocycles. The second-order valence-electron chi connectivity index (χ2n) is 7.90. The number of benzene rings is 1. The number of hydrogen-bond donors (Lipinski definition) is 3. The number of anilines is 1. The smallest absolute Gasteiger partial charge is 0.296 e. The van der Waals surface area contributed by atoms with E-state index in [4.69, 9.17) is 14.6 Å². The maximum Gasteiger partial charge on any atom is 0.296 e. The maximum atomic E-state index is 13.2. The Morgan fingerprint density at radius 3 is 2.75 bits per heavy atom. The summed E-state index contributed by atoms with van der Waals surface area (Å²) in [5.74, 6) is 1.52. The Hall–Kier alpha value is -3.14. The van der Waals surface area contributed by atoms with Gasteiger partial charge in [0.05, 0.1) is 12.2 Å². The number of aryl methyl sites for hydroxylation is 1. The average Bonchev–Trinajstić information content (AvgIpc) is 3.25. The van der Waals surface area contributed by atoms with Crippen LogP contribution in [0.1, 0.15) is 37.8 Å². The van der Waals surface area contributed by atoms with E-state index < -0.39 is 0 Å². The number of hydrogen-bond acceptors (Lipinski definition) is 8. The highest BCUT2D eigenvalue weighted by molar-refractivity contribution is 5.73. The van der Waals surface area contributed by atoms with Gasteiger partial charge in [0.2, 0.25) is 5.82 Å². The molecule has 1 atom stereocenters. The molecule has 1 fully saturated rings. The second-order valence-corrected chi connectivity index (χ2v) is 7.90. The zero-order valence-corrected chi connectivity index (χ0v) is 18.8. The van der Waals surface area contributed by atoms with Crippen LogP contribution in [0.5, 0.6) is 11.5 Å². The number of ether oxygens (including phenoxy) is 1. The molecule has 3 N–H and O–H groups in total. The lowest BCUT2D eigenvalue weighted by Gasteiger charge is -2.32. The highest BCUT2D eigenvalue weighted by Crippen LogP contribution is 2.42. The van der Waals surface area contributed by atoms with Gasteiger partial charge in [-0.2, -0.15) is 0 Å². The van der Waals surface area contributed by atoms with Crippen LogP contribution in [0.25, 0.3) is 11.4 Å². The van der Waals surface area contributed by atoms with Gasteiger partial charge >= 0.3 is 0 Å². The lowest BCUT2D eigenvalue weighted by atomic mass is 10.0. The molecule has 0 unspecified atom stereocenters. The van der Waals surface area contributed by atoms with Crippen molar-refractivity contribution in [3.63, 3.8) is 0 Å². The van der Waals surface area contributed by atoms with Gasteiger partial charge in [0.1, 0.15) is 11.5 Å². The number of phenols is 1. The van der Waals surface area contributed by atoms with Crippen LogP contribution in [0, 0.1) is 6.92 Å². The van der Waals surface area contributed by atoms with Crippen molar-refractivity contribution in [2.45, 2.75) is 52.6 Å². The van der Waals surface area contributed by atoms with Gasteiger partial charge in [-0.25, -0.2) is 0 Å². The maximum absolute atomic E-state index is 13.2. The first-order valence-corrected chi connectivity index (χ1v) is 11.0. The van der Waals surface area contributed by atoms with E-state index in [0.717, 1.165) is 43.6 Å². The lowest BCUT2D eigenvalue weighted by molar-refractivity contribution is -0.122. The zero-order valence-electron chi connectivity index (χ0n) is 18.8. The summed E-state index contributed by atoms with van der Waals surface area (Å²) >= 11 is 0. The summed E-state index contributed by atoms with van der Waals surface area (Å²) in [6, 6.07) is 2.09. The third-order valence-electron chi connectivity index (χ3n) is 5.95. The standard InChI is InChI=1S/C21H29N5O3.CH2O2/c1-4-25-9-6-7-14(12-25)22-19-21(28)26(5-2)20(24-23-19)17-13(3)11-16-15(18(17)27)8-10-29-16;2-1-3/h11,14,27H,4-10,12H2,1-3H3,(H,22,23);1H,(H,2,3)/t14-;/m1./s1. The molecule has 0 radical (unpaired) electrons. The van der Waals surface area contributed by atoms with E-state index in [2.05, 4.69) is 27.3 Å². The number of fused-ring (bicyclic) bond motifs is 1. The van der Waals surface area contributed by atoms with Crippen molar-refractivity contribution in [3.05, 3.63) is 27.5 Å². The van der Waals surface area contributed by atoms with Gasteiger partial charge in [-0.15, -0.1) is 10.2 Å². The van der Waals surface area contributed by atoms with Crippen LogP contribution >= 0.6 is 0 Å². The second kappa shape index (κ2) is 10.4. The fourth-order valence-electron chi connectivity index (χ4n) is 4.37. The number of phenolic OH excluding ortho intramolecular Hbond substituents is 1. The summed E-state index contributed by atoms with van der Waals surface area (Å²) < 4.78 is 7.16. The van der Waals surface area contributed by atoms with Crippen LogP contribution in [-0.2, 0) is 17.8 Å². The van der Waals surface area contributed by atoms with Crippen molar-refractivity contribution in [2.24, 2.45) is 0 Å². The van der Waals surface area contributed by atoms with Crippen LogP contribution in [0.15, 0.2) is 10.9 Å². The van der Waals surface area contributed by atoms with E-state index in [1.807, 2.05) is 19.9 Å². The number of nitrogens with one attached hydrogen (secondary N) is 1. The van der Waals surface area contributed by atoms with Crippen molar-refractivity contribution in [1.29, 1.82) is 0 Å². The SMILES string of the molecule is CCN1CCC[C@@H](Nc2nnc(-c3c(C)cc4c(c3O)CCO4)n(CC)c2=O)C1.O=CO. The van der Waals surface area contributed by atoms with Crippen LogP contribution in [0.2, 0.25) is 0 Å². The third kappa shape index (κ3) is 4.69. The van der Waals surface area contributed by atoms with Gasteiger partial charge in [0, 0.05) is 31.1 Å². The van der Waals surface area contributed by atoms with Crippen molar-refractivity contribution >= 4 is 12.3 Å². The van der Waals surface area contributed by atoms with Crippen LogP contribution in [-0.4, -0.2) is 68.6 Å². The normalized spacial score (nSPS) is 17.7. The number of carboxylic acid groups (broad SMARTS) is 1.